The van der Waals surface area contributed by atoms with Gasteiger partial charge in [0.15, 0.2) is 0 Å². The molecule has 1 atom stereocenters. The van der Waals surface area contributed by atoms with Gasteiger partial charge in [-0.2, -0.15) is 0 Å². The first kappa shape index (κ1) is 20.5. The molecule has 0 fully saturated rings. The van der Waals surface area contributed by atoms with Crippen molar-refractivity contribution in [1.29, 1.82) is 0 Å². The number of benzene rings is 2. The second-order valence-corrected chi connectivity index (χ2v) is 5.59. The van der Waals surface area contributed by atoms with E-state index in [-0.39, 0.29) is 5.75 Å². The molecule has 2 aromatic rings. The summed E-state index contributed by atoms with van der Waals surface area (Å²) in [6.45, 7) is 3.27. The molecular formula is C20H19F3O4. The van der Waals surface area contributed by atoms with Gasteiger partial charge >= 0.3 is 12.3 Å². The van der Waals surface area contributed by atoms with Gasteiger partial charge in [0.1, 0.15) is 11.5 Å². The molecule has 2 aromatic carbocycles. The molecule has 144 valence electrons. The Morgan fingerprint density at radius 2 is 1.63 bits per heavy atom. The lowest BCUT2D eigenvalue weighted by Crippen LogP contribution is -2.16. The minimum Gasteiger partial charge on any atom is -0.465 e. The van der Waals surface area contributed by atoms with Crippen LogP contribution in [0.25, 0.3) is 0 Å². The van der Waals surface area contributed by atoms with E-state index in [1.807, 2.05) is 13.0 Å². The van der Waals surface area contributed by atoms with E-state index in [9.17, 15) is 18.0 Å². The summed E-state index contributed by atoms with van der Waals surface area (Å²) in [6, 6.07) is 12.0. The number of esters is 1. The van der Waals surface area contributed by atoms with Crippen LogP contribution in [0.4, 0.5) is 13.2 Å². The van der Waals surface area contributed by atoms with Crippen molar-refractivity contribution in [3.8, 4) is 11.5 Å². The number of allylic oxidation sites excluding steroid dienone is 1. The van der Waals surface area contributed by atoms with E-state index in [0.717, 1.165) is 6.42 Å². The van der Waals surface area contributed by atoms with E-state index < -0.39 is 18.4 Å². The number of hydrogen-bond donors (Lipinski definition) is 0. The van der Waals surface area contributed by atoms with Gasteiger partial charge in [-0.1, -0.05) is 19.1 Å². The molecule has 0 bridgehead atoms. The zero-order valence-corrected chi connectivity index (χ0v) is 14.8. The lowest BCUT2D eigenvalue weighted by molar-refractivity contribution is -0.342. The van der Waals surface area contributed by atoms with Crippen molar-refractivity contribution < 1.29 is 32.2 Å². The molecule has 0 spiro atoms. The molecule has 0 aromatic heterocycles. The maximum absolute atomic E-state index is 12.2. The molecule has 0 aliphatic heterocycles. The third-order valence-electron chi connectivity index (χ3n) is 3.50. The van der Waals surface area contributed by atoms with Crippen molar-refractivity contribution in [3.63, 3.8) is 0 Å². The molecule has 0 saturated carbocycles. The summed E-state index contributed by atoms with van der Waals surface area (Å²) in [4.78, 5) is 12.1. The first-order chi connectivity index (χ1) is 12.8. The average molecular weight is 380 g/mol. The monoisotopic (exact) mass is 380 g/mol. The molecule has 0 heterocycles. The molecule has 27 heavy (non-hydrogen) atoms. The third-order valence-corrected chi connectivity index (χ3v) is 3.50. The summed E-state index contributed by atoms with van der Waals surface area (Å²) in [5, 5.41) is 0. The van der Waals surface area contributed by atoms with E-state index in [0.29, 0.717) is 16.9 Å². The Hall–Kier alpha value is -2.80. The number of alkyl halides is 3. The Morgan fingerprint density at radius 3 is 2.19 bits per heavy atom. The van der Waals surface area contributed by atoms with Crippen LogP contribution in [0.2, 0.25) is 0 Å². The number of ether oxygens (including phenoxy) is 3. The van der Waals surface area contributed by atoms with Crippen molar-refractivity contribution >= 4 is 5.97 Å². The van der Waals surface area contributed by atoms with E-state index in [2.05, 4.69) is 4.74 Å². The summed E-state index contributed by atoms with van der Waals surface area (Å²) in [6.07, 6.45) is -1.61. The first-order valence-electron chi connectivity index (χ1n) is 8.27. The van der Waals surface area contributed by atoms with Crippen LogP contribution in [0.1, 0.15) is 42.3 Å². The van der Waals surface area contributed by atoms with Crippen LogP contribution in [0.3, 0.4) is 0 Å². The molecular weight excluding hydrogens is 361 g/mol. The summed E-state index contributed by atoms with van der Waals surface area (Å²) < 4.78 is 51.2. The third kappa shape index (κ3) is 6.79. The van der Waals surface area contributed by atoms with E-state index in [1.165, 1.54) is 31.2 Å². The van der Waals surface area contributed by atoms with Crippen molar-refractivity contribution in [2.24, 2.45) is 0 Å². The summed E-state index contributed by atoms with van der Waals surface area (Å²) in [5.74, 6) is 0.214. The number of halogens is 3. The maximum Gasteiger partial charge on any atom is 0.523 e. The summed E-state index contributed by atoms with van der Waals surface area (Å²) >= 11 is 0. The Morgan fingerprint density at radius 1 is 1.04 bits per heavy atom. The number of carbonyl (C=O) groups is 1. The van der Waals surface area contributed by atoms with Gasteiger partial charge in [-0.3, -0.25) is 4.74 Å². The molecule has 0 radical (unpaired) electrons. The zero-order valence-electron chi connectivity index (χ0n) is 14.8. The Kier molecular flexibility index (Phi) is 7.01. The van der Waals surface area contributed by atoms with Gasteiger partial charge in [0.05, 0.1) is 17.9 Å². The van der Waals surface area contributed by atoms with Gasteiger partial charge in [0.2, 0.25) is 0 Å². The number of rotatable bonds is 7. The molecule has 2 rings (SSSR count). The SMILES string of the molecule is CC/C=C/Oc1ccc(C(=O)Oc2ccc(C(C)OC(F)(F)F)cc2)cc1. The molecule has 0 aliphatic rings. The highest BCUT2D eigenvalue weighted by Crippen LogP contribution is 2.28. The van der Waals surface area contributed by atoms with Gasteiger partial charge < -0.3 is 9.47 Å². The van der Waals surface area contributed by atoms with E-state index in [4.69, 9.17) is 9.47 Å². The van der Waals surface area contributed by atoms with Crippen LogP contribution in [-0.4, -0.2) is 12.3 Å². The molecule has 1 unspecified atom stereocenters. The fourth-order valence-electron chi connectivity index (χ4n) is 2.13. The van der Waals surface area contributed by atoms with E-state index in [1.54, 1.807) is 30.5 Å². The molecule has 0 amide bonds. The van der Waals surface area contributed by atoms with Gasteiger partial charge in [-0.15, -0.1) is 13.2 Å². The van der Waals surface area contributed by atoms with Gasteiger partial charge in [0, 0.05) is 0 Å². The lowest BCUT2D eigenvalue weighted by atomic mass is 10.1. The second-order valence-electron chi connectivity index (χ2n) is 5.59. The average Bonchev–Trinajstić information content (AvgIpc) is 2.61. The van der Waals surface area contributed by atoms with Crippen molar-refractivity contribution in [1.82, 2.24) is 0 Å². The minimum absolute atomic E-state index is 0.217. The van der Waals surface area contributed by atoms with Crippen LogP contribution >= 0.6 is 0 Å². The Balaban J connectivity index is 1.96. The fourth-order valence-corrected chi connectivity index (χ4v) is 2.13. The minimum atomic E-state index is -4.72. The maximum atomic E-state index is 12.2. The van der Waals surface area contributed by atoms with Crippen molar-refractivity contribution in [2.45, 2.75) is 32.7 Å². The van der Waals surface area contributed by atoms with Crippen molar-refractivity contribution in [3.05, 3.63) is 72.0 Å². The predicted molar refractivity (Wildman–Crippen MR) is 93.5 cm³/mol. The highest BCUT2D eigenvalue weighted by molar-refractivity contribution is 5.91. The number of carbonyl (C=O) groups excluding carboxylic acids is 1. The summed E-state index contributed by atoms with van der Waals surface area (Å²) in [5.41, 5.74) is 0.633. The molecule has 7 heteroatoms. The largest absolute Gasteiger partial charge is 0.523 e. The van der Waals surface area contributed by atoms with Gasteiger partial charge in [0.25, 0.3) is 0 Å². The fraction of sp³-hybridized carbons (Fsp3) is 0.250. The van der Waals surface area contributed by atoms with Crippen LogP contribution in [-0.2, 0) is 4.74 Å². The Labute approximate surface area is 155 Å². The zero-order chi connectivity index (χ0) is 19.9. The first-order valence-corrected chi connectivity index (χ1v) is 8.27. The number of hydrogen-bond acceptors (Lipinski definition) is 4. The van der Waals surface area contributed by atoms with Gasteiger partial charge in [-0.05, 0) is 61.4 Å². The van der Waals surface area contributed by atoms with Crippen LogP contribution in [0.5, 0.6) is 11.5 Å². The predicted octanol–water partition coefficient (Wildman–Crippen LogP) is 5.81. The van der Waals surface area contributed by atoms with Crippen LogP contribution in [0.15, 0.2) is 60.9 Å². The van der Waals surface area contributed by atoms with E-state index >= 15 is 0 Å². The Bertz CT molecular complexity index is 765. The highest BCUT2D eigenvalue weighted by atomic mass is 19.4. The molecule has 0 saturated heterocycles. The molecule has 4 nitrogen and oxygen atoms in total. The van der Waals surface area contributed by atoms with Gasteiger partial charge in [-0.25, -0.2) is 4.79 Å². The summed E-state index contributed by atoms with van der Waals surface area (Å²) in [7, 11) is 0. The smallest absolute Gasteiger partial charge is 0.465 e. The normalized spacial score (nSPS) is 12.8. The van der Waals surface area contributed by atoms with Crippen LogP contribution < -0.4 is 9.47 Å². The molecule has 0 aliphatic carbocycles. The quantitative estimate of drug-likeness (QED) is 0.346. The lowest BCUT2D eigenvalue weighted by Gasteiger charge is -2.15. The van der Waals surface area contributed by atoms with Crippen LogP contribution in [0, 0.1) is 0 Å². The topological polar surface area (TPSA) is 44.8 Å². The highest BCUT2D eigenvalue weighted by Gasteiger charge is 2.32. The molecule has 0 N–H and O–H groups in total. The van der Waals surface area contributed by atoms with Crippen molar-refractivity contribution in [2.75, 3.05) is 0 Å². The standard InChI is InChI=1S/C20H19F3O4/c1-3-4-13-25-17-9-7-16(8-10-17)19(24)26-18-11-5-15(6-12-18)14(2)27-20(21,22)23/h4-14H,3H2,1-2H3/b13-4+. The second kappa shape index (κ2) is 9.23.